The van der Waals surface area contributed by atoms with E-state index >= 15 is 0 Å². The number of pyridine rings is 1. The Morgan fingerprint density at radius 1 is 1.14 bits per heavy atom. The molecular weight excluding hydrogens is 364 g/mol. The van der Waals surface area contributed by atoms with Crippen LogP contribution >= 0.6 is 0 Å². The van der Waals surface area contributed by atoms with Gasteiger partial charge >= 0.3 is 0 Å². The van der Waals surface area contributed by atoms with Crippen molar-refractivity contribution in [2.45, 2.75) is 26.1 Å². The molecule has 2 amide bonds. The molecule has 0 fully saturated rings. The van der Waals surface area contributed by atoms with E-state index in [1.165, 1.54) is 11.0 Å². The second-order valence-electron chi connectivity index (χ2n) is 6.63. The van der Waals surface area contributed by atoms with E-state index in [9.17, 15) is 14.4 Å². The molecule has 0 saturated heterocycles. The third kappa shape index (κ3) is 3.00. The highest BCUT2D eigenvalue weighted by atomic mass is 16.5. The molecule has 2 aliphatic heterocycles. The van der Waals surface area contributed by atoms with Crippen LogP contribution in [-0.2, 0) is 9.59 Å². The van der Waals surface area contributed by atoms with E-state index in [-0.39, 0.29) is 35.8 Å². The van der Waals surface area contributed by atoms with Crippen molar-refractivity contribution in [3.8, 4) is 11.5 Å². The number of nitrogens with two attached hydrogens (primary N) is 1. The molecule has 2 aliphatic rings. The van der Waals surface area contributed by atoms with Crippen LogP contribution in [0.2, 0.25) is 0 Å². The lowest BCUT2D eigenvalue weighted by molar-refractivity contribution is -0.125. The number of amides is 2. The Morgan fingerprint density at radius 3 is 2.64 bits per heavy atom. The van der Waals surface area contributed by atoms with Crippen LogP contribution in [0.4, 0.5) is 17.3 Å². The van der Waals surface area contributed by atoms with Crippen LogP contribution in [0.3, 0.4) is 0 Å². The van der Waals surface area contributed by atoms with E-state index in [0.717, 1.165) is 0 Å². The zero-order valence-corrected chi connectivity index (χ0v) is 15.3. The number of carbonyl (C=O) groups excluding carboxylic acids is 3. The van der Waals surface area contributed by atoms with Gasteiger partial charge in [-0.15, -0.1) is 0 Å². The van der Waals surface area contributed by atoms with Crippen molar-refractivity contribution in [1.82, 2.24) is 4.98 Å². The summed E-state index contributed by atoms with van der Waals surface area (Å²) in [5.74, 6) is 0.289. The Morgan fingerprint density at radius 2 is 1.86 bits per heavy atom. The number of fused-ring (bicyclic) bond motifs is 2. The molecular formula is C19H18N4O5. The van der Waals surface area contributed by atoms with E-state index < -0.39 is 12.2 Å². The number of nitrogens with zero attached hydrogens (tertiary/aromatic N) is 2. The number of nitrogens with one attached hydrogen (secondary N) is 1. The minimum Gasteiger partial charge on any atom is -0.479 e. The number of nitrogen functional groups attached to an aromatic ring is 1. The van der Waals surface area contributed by atoms with Crippen LogP contribution in [-0.4, -0.2) is 41.3 Å². The van der Waals surface area contributed by atoms with Crippen molar-refractivity contribution in [2.75, 3.05) is 22.5 Å². The summed E-state index contributed by atoms with van der Waals surface area (Å²) in [5, 5.41) is 2.70. The van der Waals surface area contributed by atoms with Gasteiger partial charge in [0, 0.05) is 5.56 Å². The highest BCUT2D eigenvalue weighted by molar-refractivity contribution is 6.08. The zero-order valence-electron chi connectivity index (χ0n) is 15.3. The molecule has 3 heterocycles. The van der Waals surface area contributed by atoms with Crippen LogP contribution in [0.1, 0.15) is 24.2 Å². The summed E-state index contributed by atoms with van der Waals surface area (Å²) in [6, 6.07) is 7.92. The summed E-state index contributed by atoms with van der Waals surface area (Å²) >= 11 is 0. The maximum atomic E-state index is 12.8. The van der Waals surface area contributed by atoms with E-state index in [1.54, 1.807) is 38.1 Å². The Balaban J connectivity index is 1.62. The highest BCUT2D eigenvalue weighted by Crippen LogP contribution is 2.34. The van der Waals surface area contributed by atoms with Crippen molar-refractivity contribution >= 4 is 34.9 Å². The Bertz CT molecular complexity index is 1010. The molecule has 2 unspecified atom stereocenters. The van der Waals surface area contributed by atoms with Gasteiger partial charge in [0.2, 0.25) is 0 Å². The average molecular weight is 382 g/mol. The van der Waals surface area contributed by atoms with Gasteiger partial charge in [-0.3, -0.25) is 19.3 Å². The van der Waals surface area contributed by atoms with E-state index in [4.69, 9.17) is 15.2 Å². The predicted molar refractivity (Wildman–Crippen MR) is 101 cm³/mol. The maximum Gasteiger partial charge on any atom is 0.269 e. The SMILES string of the molecule is CC1Oc2ccc(C(=O)CN3C(=O)C(C)Oc4ccc(N)nc43)cc2NC1=O. The standard InChI is InChI=1S/C19H18N4O5/c1-9-18(25)21-12-7-11(3-4-14(12)27-9)13(24)8-23-17-15(5-6-16(20)22-17)28-10(2)19(23)26/h3-7,9-10H,8H2,1-2H3,(H2,20,22)(H,21,25). The molecule has 144 valence electrons. The largest absolute Gasteiger partial charge is 0.479 e. The lowest BCUT2D eigenvalue weighted by atomic mass is 10.1. The molecule has 0 spiro atoms. The van der Waals surface area contributed by atoms with Crippen molar-refractivity contribution in [1.29, 1.82) is 0 Å². The quantitative estimate of drug-likeness (QED) is 0.769. The molecule has 0 bridgehead atoms. The fourth-order valence-electron chi connectivity index (χ4n) is 3.07. The first-order valence-corrected chi connectivity index (χ1v) is 8.73. The summed E-state index contributed by atoms with van der Waals surface area (Å²) in [6.45, 7) is 3.00. The molecule has 2 atom stereocenters. The third-order valence-electron chi connectivity index (χ3n) is 4.57. The normalized spacial score (nSPS) is 20.4. The number of hydrogen-bond acceptors (Lipinski definition) is 7. The van der Waals surface area contributed by atoms with Gasteiger partial charge in [-0.1, -0.05) is 0 Å². The number of carbonyl (C=O) groups is 3. The molecule has 2 aromatic rings. The smallest absolute Gasteiger partial charge is 0.269 e. The van der Waals surface area contributed by atoms with Crippen LogP contribution in [0.25, 0.3) is 0 Å². The summed E-state index contributed by atoms with van der Waals surface area (Å²) in [5.41, 5.74) is 6.47. The van der Waals surface area contributed by atoms with Gasteiger partial charge in [0.1, 0.15) is 11.6 Å². The Hall–Kier alpha value is -3.62. The number of benzene rings is 1. The number of ether oxygens (including phenoxy) is 2. The lowest BCUT2D eigenvalue weighted by Gasteiger charge is -2.31. The van der Waals surface area contributed by atoms with Crippen molar-refractivity contribution in [3.63, 3.8) is 0 Å². The molecule has 4 rings (SSSR count). The molecule has 0 aliphatic carbocycles. The molecule has 28 heavy (non-hydrogen) atoms. The summed E-state index contributed by atoms with van der Waals surface area (Å²) < 4.78 is 11.0. The molecule has 1 aromatic heterocycles. The molecule has 0 radical (unpaired) electrons. The van der Waals surface area contributed by atoms with E-state index in [0.29, 0.717) is 22.7 Å². The first kappa shape index (κ1) is 17.8. The summed E-state index contributed by atoms with van der Waals surface area (Å²) in [4.78, 5) is 42.6. The first-order chi connectivity index (χ1) is 13.3. The molecule has 9 nitrogen and oxygen atoms in total. The van der Waals surface area contributed by atoms with Crippen molar-refractivity contribution in [3.05, 3.63) is 35.9 Å². The van der Waals surface area contributed by atoms with Gasteiger partial charge in [-0.25, -0.2) is 4.98 Å². The van der Waals surface area contributed by atoms with E-state index in [2.05, 4.69) is 10.3 Å². The minimum atomic E-state index is -0.747. The third-order valence-corrected chi connectivity index (χ3v) is 4.57. The van der Waals surface area contributed by atoms with Gasteiger partial charge in [0.15, 0.2) is 29.6 Å². The van der Waals surface area contributed by atoms with Crippen molar-refractivity contribution in [2.24, 2.45) is 0 Å². The Labute approximate surface area is 160 Å². The maximum absolute atomic E-state index is 12.8. The number of aromatic nitrogens is 1. The first-order valence-electron chi connectivity index (χ1n) is 8.73. The minimum absolute atomic E-state index is 0.208. The van der Waals surface area contributed by atoms with Crippen molar-refractivity contribution < 1.29 is 23.9 Å². The number of ketones is 1. The summed E-state index contributed by atoms with van der Waals surface area (Å²) in [6.07, 6.45) is -1.35. The fourth-order valence-corrected chi connectivity index (χ4v) is 3.07. The van der Waals surface area contributed by atoms with Crippen LogP contribution in [0.5, 0.6) is 11.5 Å². The van der Waals surface area contributed by atoms with Gasteiger partial charge in [-0.2, -0.15) is 0 Å². The monoisotopic (exact) mass is 382 g/mol. The second kappa shape index (κ2) is 6.52. The lowest BCUT2D eigenvalue weighted by Crippen LogP contribution is -2.47. The number of Topliss-reactive ketones (excluding diaryl/α,β-unsaturated/α-hetero) is 1. The average Bonchev–Trinajstić information content (AvgIpc) is 2.66. The van der Waals surface area contributed by atoms with Gasteiger partial charge < -0.3 is 20.5 Å². The van der Waals surface area contributed by atoms with Gasteiger partial charge in [-0.05, 0) is 44.2 Å². The van der Waals surface area contributed by atoms with Crippen LogP contribution in [0, 0.1) is 0 Å². The number of hydrogen-bond donors (Lipinski definition) is 2. The highest BCUT2D eigenvalue weighted by Gasteiger charge is 2.34. The van der Waals surface area contributed by atoms with Crippen LogP contribution in [0.15, 0.2) is 30.3 Å². The van der Waals surface area contributed by atoms with E-state index in [1.807, 2.05) is 0 Å². The molecule has 9 heteroatoms. The topological polar surface area (TPSA) is 124 Å². The molecule has 0 saturated carbocycles. The fraction of sp³-hybridized carbons (Fsp3) is 0.263. The molecule has 1 aromatic carbocycles. The summed E-state index contributed by atoms with van der Waals surface area (Å²) in [7, 11) is 0. The number of anilines is 3. The Kier molecular flexibility index (Phi) is 4.14. The molecule has 3 N–H and O–H groups in total. The van der Waals surface area contributed by atoms with Gasteiger partial charge in [0.05, 0.1) is 12.2 Å². The van der Waals surface area contributed by atoms with Gasteiger partial charge in [0.25, 0.3) is 11.8 Å². The number of rotatable bonds is 3. The zero-order chi connectivity index (χ0) is 20.0. The second-order valence-corrected chi connectivity index (χ2v) is 6.63. The predicted octanol–water partition coefficient (Wildman–Crippen LogP) is 1.38. The van der Waals surface area contributed by atoms with Crippen LogP contribution < -0.4 is 25.4 Å².